The summed E-state index contributed by atoms with van der Waals surface area (Å²) in [5, 5.41) is 5.54. The van der Waals surface area contributed by atoms with E-state index >= 15 is 0 Å². The fourth-order valence-electron chi connectivity index (χ4n) is 1.03. The molecule has 1 rings (SSSR count). The van der Waals surface area contributed by atoms with Crippen molar-refractivity contribution in [2.75, 3.05) is 19.9 Å². The zero-order valence-corrected chi connectivity index (χ0v) is 10.1. The van der Waals surface area contributed by atoms with Crippen molar-refractivity contribution in [1.82, 2.24) is 5.01 Å². The third-order valence-electron chi connectivity index (χ3n) is 1.94. The first-order valence-electron chi connectivity index (χ1n) is 4.87. The molecule has 0 saturated carbocycles. The molecule has 1 aliphatic rings. The van der Waals surface area contributed by atoms with Crippen LogP contribution in [-0.2, 0) is 9.53 Å². The summed E-state index contributed by atoms with van der Waals surface area (Å²) in [5.74, 6) is 0.0544. The van der Waals surface area contributed by atoms with Gasteiger partial charge in [0, 0.05) is 14.7 Å². The van der Waals surface area contributed by atoms with E-state index in [0.29, 0.717) is 13.3 Å². The van der Waals surface area contributed by atoms with Gasteiger partial charge in [0.2, 0.25) is 0 Å². The predicted octanol–water partition coefficient (Wildman–Crippen LogP) is 1.17. The molecule has 0 saturated heterocycles. The third-order valence-corrected chi connectivity index (χ3v) is 3.64. The van der Waals surface area contributed by atoms with Gasteiger partial charge < -0.3 is 4.74 Å². The van der Waals surface area contributed by atoms with Gasteiger partial charge in [-0.2, -0.15) is 5.10 Å². The fourth-order valence-corrected chi connectivity index (χ4v) is 1.79. The number of ether oxygens (including phenoxy) is 1. The molecule has 0 aromatic carbocycles. The summed E-state index contributed by atoms with van der Waals surface area (Å²) in [6.45, 7) is 8.52. The maximum Gasteiger partial charge on any atom is 0.196 e. The maximum absolute atomic E-state index is 10.8. The molecule has 0 bridgehead atoms. The van der Waals surface area contributed by atoms with Crippen LogP contribution in [-0.4, -0.2) is 45.0 Å². The Morgan fingerprint density at radius 2 is 2.29 bits per heavy atom. The highest BCUT2D eigenvalue weighted by Crippen LogP contribution is 2.08. The van der Waals surface area contributed by atoms with Crippen molar-refractivity contribution in [3.05, 3.63) is 0 Å². The van der Waals surface area contributed by atoms with Gasteiger partial charge in [-0.05, 0) is 6.04 Å². The van der Waals surface area contributed by atoms with Gasteiger partial charge in [-0.25, -0.2) is 0 Å². The number of hydrogen-bond acceptors (Lipinski definition) is 4. The Bertz CT molecular complexity index is 235. The van der Waals surface area contributed by atoms with E-state index in [9.17, 15) is 4.79 Å². The number of Topliss-reactive ketones (excluding diaryl/α,β-unsaturated/α-hetero) is 1. The minimum atomic E-state index is -0.996. The van der Waals surface area contributed by atoms with Crippen LogP contribution < -0.4 is 0 Å². The monoisotopic (exact) mass is 214 g/mol. The van der Waals surface area contributed by atoms with Gasteiger partial charge in [0.15, 0.2) is 5.78 Å². The van der Waals surface area contributed by atoms with Crippen molar-refractivity contribution in [2.24, 2.45) is 5.10 Å². The van der Waals surface area contributed by atoms with Crippen LogP contribution in [0.15, 0.2) is 5.10 Å². The van der Waals surface area contributed by atoms with Crippen molar-refractivity contribution in [3.63, 3.8) is 0 Å². The van der Waals surface area contributed by atoms with Crippen molar-refractivity contribution >= 4 is 20.1 Å². The molecular formula is C9H18N2O2Si. The molecule has 0 N–H and O–H groups in total. The highest BCUT2D eigenvalue weighted by Gasteiger charge is 2.15. The second-order valence-corrected chi connectivity index (χ2v) is 10.3. The van der Waals surface area contributed by atoms with E-state index in [1.54, 1.807) is 5.01 Å². The molecular weight excluding hydrogens is 196 g/mol. The molecule has 5 heteroatoms. The van der Waals surface area contributed by atoms with Crippen LogP contribution in [0.3, 0.4) is 0 Å². The van der Waals surface area contributed by atoms with Gasteiger partial charge >= 0.3 is 0 Å². The minimum absolute atomic E-state index is 0.0544. The summed E-state index contributed by atoms with van der Waals surface area (Å²) in [5.41, 5.74) is 0. The van der Waals surface area contributed by atoms with Crippen LogP contribution in [0.2, 0.25) is 25.7 Å². The Balaban J connectivity index is 2.05. The molecule has 0 atom stereocenters. The fraction of sp³-hybridized carbons (Fsp3) is 0.778. The second-order valence-electron chi connectivity index (χ2n) is 4.72. The Labute approximate surface area is 85.9 Å². The largest absolute Gasteiger partial charge is 0.360 e. The van der Waals surface area contributed by atoms with E-state index in [1.165, 1.54) is 6.21 Å². The summed E-state index contributed by atoms with van der Waals surface area (Å²) in [7, 11) is -0.996. The van der Waals surface area contributed by atoms with E-state index in [0.717, 1.165) is 12.7 Å². The molecule has 1 heterocycles. The number of carbonyl (C=O) groups is 1. The Morgan fingerprint density at radius 3 is 2.79 bits per heavy atom. The molecule has 4 nitrogen and oxygen atoms in total. The average molecular weight is 214 g/mol. The summed E-state index contributed by atoms with van der Waals surface area (Å²) in [6, 6.07) is 1.15. The number of carbonyl (C=O) groups excluding carboxylic acids is 1. The van der Waals surface area contributed by atoms with Gasteiger partial charge in [-0.15, -0.1) is 0 Å². The normalized spacial score (nSPS) is 16.8. The van der Waals surface area contributed by atoms with E-state index < -0.39 is 8.07 Å². The third kappa shape index (κ3) is 4.52. The van der Waals surface area contributed by atoms with Crippen LogP contribution in [0, 0.1) is 0 Å². The lowest BCUT2D eigenvalue weighted by molar-refractivity contribution is -0.113. The molecule has 0 radical (unpaired) electrons. The molecule has 0 aromatic rings. The van der Waals surface area contributed by atoms with Crippen LogP contribution in [0.4, 0.5) is 0 Å². The van der Waals surface area contributed by atoms with E-state index in [1.807, 2.05) is 0 Å². The van der Waals surface area contributed by atoms with Crippen molar-refractivity contribution in [2.45, 2.75) is 25.7 Å². The summed E-state index contributed by atoms with van der Waals surface area (Å²) < 4.78 is 5.44. The van der Waals surface area contributed by atoms with Gasteiger partial charge in [0.25, 0.3) is 0 Å². The van der Waals surface area contributed by atoms with E-state index in [4.69, 9.17) is 4.74 Å². The zero-order valence-electron chi connectivity index (χ0n) is 9.12. The topological polar surface area (TPSA) is 41.9 Å². The molecule has 0 fully saturated rings. The maximum atomic E-state index is 10.8. The van der Waals surface area contributed by atoms with Crippen LogP contribution in [0.5, 0.6) is 0 Å². The molecule has 0 spiro atoms. The summed E-state index contributed by atoms with van der Waals surface area (Å²) in [4.78, 5) is 10.8. The van der Waals surface area contributed by atoms with Gasteiger partial charge in [-0.1, -0.05) is 19.6 Å². The number of hydrogen-bond donors (Lipinski definition) is 0. The Morgan fingerprint density at radius 1 is 1.57 bits per heavy atom. The molecule has 14 heavy (non-hydrogen) atoms. The number of rotatable bonds is 5. The van der Waals surface area contributed by atoms with Crippen molar-refractivity contribution in [3.8, 4) is 0 Å². The number of nitrogens with zero attached hydrogens (tertiary/aromatic N) is 2. The van der Waals surface area contributed by atoms with Crippen LogP contribution in [0.25, 0.3) is 0 Å². The van der Waals surface area contributed by atoms with Gasteiger partial charge in [-0.3, -0.25) is 9.80 Å². The second kappa shape index (κ2) is 4.70. The quantitative estimate of drug-likeness (QED) is 0.509. The lowest BCUT2D eigenvalue weighted by atomic mass is 10.4. The number of hydrazone groups is 1. The predicted molar refractivity (Wildman–Crippen MR) is 59.2 cm³/mol. The average Bonchev–Trinajstić information content (AvgIpc) is 2.44. The van der Waals surface area contributed by atoms with Crippen LogP contribution >= 0.6 is 0 Å². The van der Waals surface area contributed by atoms with E-state index in [2.05, 4.69) is 24.7 Å². The first-order chi connectivity index (χ1) is 6.47. The molecule has 80 valence electrons. The van der Waals surface area contributed by atoms with Crippen LogP contribution in [0.1, 0.15) is 0 Å². The summed E-state index contributed by atoms with van der Waals surface area (Å²) in [6.07, 6.45) is 1.35. The Kier molecular flexibility index (Phi) is 3.83. The first kappa shape index (κ1) is 11.4. The molecule has 0 amide bonds. The molecule has 0 unspecified atom stereocenters. The highest BCUT2D eigenvalue weighted by molar-refractivity contribution is 6.76. The Hall–Kier alpha value is -0.683. The molecule has 0 aromatic heterocycles. The highest BCUT2D eigenvalue weighted by atomic mass is 28.3. The molecule has 1 aliphatic heterocycles. The SMILES string of the molecule is C[Si](C)(C)CCOCN1CC(=O)C=N1. The number of ketones is 1. The minimum Gasteiger partial charge on any atom is -0.360 e. The standard InChI is InChI=1S/C9H18N2O2Si/c1-14(2,3)5-4-13-8-11-7-9(12)6-10-11/h6H,4-5,7-8H2,1-3H3. The van der Waals surface area contributed by atoms with Gasteiger partial charge in [0.05, 0.1) is 6.21 Å². The summed E-state index contributed by atoms with van der Waals surface area (Å²) >= 11 is 0. The van der Waals surface area contributed by atoms with Gasteiger partial charge in [0.1, 0.15) is 13.3 Å². The first-order valence-corrected chi connectivity index (χ1v) is 8.58. The lowest BCUT2D eigenvalue weighted by Gasteiger charge is -2.17. The smallest absolute Gasteiger partial charge is 0.196 e. The van der Waals surface area contributed by atoms with Crippen molar-refractivity contribution < 1.29 is 9.53 Å². The van der Waals surface area contributed by atoms with Crippen molar-refractivity contribution in [1.29, 1.82) is 0 Å². The molecule has 0 aliphatic carbocycles. The lowest BCUT2D eigenvalue weighted by Crippen LogP contribution is -2.25. The van der Waals surface area contributed by atoms with E-state index in [-0.39, 0.29) is 5.78 Å². The zero-order chi connectivity index (χ0) is 10.6.